The Morgan fingerprint density at radius 3 is 2.42 bits per heavy atom. The average molecular weight is 533 g/mol. The Kier molecular flexibility index (Phi) is 6.25. The summed E-state index contributed by atoms with van der Waals surface area (Å²) in [6.07, 6.45) is 8.20. The molecule has 0 aromatic heterocycles. The molecule has 2 aromatic carbocycles. The first-order chi connectivity index (χ1) is 15.7. The lowest BCUT2D eigenvalue weighted by Crippen LogP contribution is -2.63. The van der Waals surface area contributed by atoms with Crippen LogP contribution in [0.25, 0.3) is 0 Å². The van der Waals surface area contributed by atoms with Gasteiger partial charge in [0.05, 0.1) is 11.1 Å². The van der Waals surface area contributed by atoms with Crippen LogP contribution in [-0.2, 0) is 13.2 Å². The molecule has 2 unspecified atom stereocenters. The molecule has 0 amide bonds. The minimum atomic E-state index is 0.281. The van der Waals surface area contributed by atoms with Crippen LogP contribution in [0.2, 0.25) is 5.02 Å². The van der Waals surface area contributed by atoms with Crippen molar-refractivity contribution >= 4 is 27.5 Å². The summed E-state index contributed by atoms with van der Waals surface area (Å²) in [6.45, 7) is 8.96. The molecule has 3 nitrogen and oxygen atoms in total. The number of halogens is 2. The van der Waals surface area contributed by atoms with Crippen molar-refractivity contribution < 1.29 is 9.47 Å². The van der Waals surface area contributed by atoms with Crippen molar-refractivity contribution in [2.75, 3.05) is 6.61 Å². The van der Waals surface area contributed by atoms with Crippen molar-refractivity contribution in [1.82, 2.24) is 5.32 Å². The lowest BCUT2D eigenvalue weighted by atomic mass is 9.43. The third-order valence-corrected chi connectivity index (χ3v) is 8.76. The fraction of sp³-hybridized carbons (Fsp3) is 0.571. The Labute approximate surface area is 211 Å². The van der Waals surface area contributed by atoms with E-state index in [1.165, 1.54) is 44.1 Å². The predicted molar refractivity (Wildman–Crippen MR) is 138 cm³/mol. The highest BCUT2D eigenvalue weighted by atomic mass is 79.9. The standard InChI is InChI=1S/C28H35BrClNO2/c1-4-32-24-10-20(9-23(29)25(24)33-15-19-6-5-7-22(30)8-19)14-31-28-13-21-11-26(2,17-28)16-27(3,12-21)18-28/h5-10,21,31H,4,11-18H2,1-3H3/t21?,26-,27+,28?. The van der Waals surface area contributed by atoms with Gasteiger partial charge in [-0.1, -0.05) is 37.6 Å². The molecule has 0 spiro atoms. The normalized spacial score (nSPS) is 32.2. The molecule has 0 saturated heterocycles. The van der Waals surface area contributed by atoms with Gasteiger partial charge in [-0.25, -0.2) is 0 Å². The van der Waals surface area contributed by atoms with E-state index in [1.807, 2.05) is 31.2 Å². The maximum absolute atomic E-state index is 6.17. The summed E-state index contributed by atoms with van der Waals surface area (Å²) >= 11 is 9.88. The largest absolute Gasteiger partial charge is 0.490 e. The first kappa shape index (κ1) is 23.5. The lowest BCUT2D eigenvalue weighted by molar-refractivity contribution is -0.118. The van der Waals surface area contributed by atoms with Crippen LogP contribution >= 0.6 is 27.5 Å². The summed E-state index contributed by atoms with van der Waals surface area (Å²) in [5, 5.41) is 4.76. The smallest absolute Gasteiger partial charge is 0.175 e. The Hall–Kier alpha value is -1.23. The minimum Gasteiger partial charge on any atom is -0.490 e. The monoisotopic (exact) mass is 531 g/mol. The molecule has 4 saturated carbocycles. The van der Waals surface area contributed by atoms with Crippen molar-refractivity contribution in [3.05, 3.63) is 57.0 Å². The van der Waals surface area contributed by atoms with Gasteiger partial charge < -0.3 is 14.8 Å². The third-order valence-electron chi connectivity index (χ3n) is 7.94. The van der Waals surface area contributed by atoms with Gasteiger partial charge in [-0.2, -0.15) is 0 Å². The minimum absolute atomic E-state index is 0.281. The van der Waals surface area contributed by atoms with E-state index in [1.54, 1.807) is 0 Å². The summed E-state index contributed by atoms with van der Waals surface area (Å²) in [5.41, 5.74) is 3.56. The summed E-state index contributed by atoms with van der Waals surface area (Å²) < 4.78 is 13.1. The Morgan fingerprint density at radius 2 is 1.76 bits per heavy atom. The molecule has 178 valence electrons. The van der Waals surface area contributed by atoms with Gasteiger partial charge in [0.15, 0.2) is 11.5 Å². The third kappa shape index (κ3) is 4.94. The van der Waals surface area contributed by atoms with E-state index in [-0.39, 0.29) is 5.54 Å². The second kappa shape index (κ2) is 8.77. The zero-order valence-electron chi connectivity index (χ0n) is 20.0. The average Bonchev–Trinajstić information content (AvgIpc) is 2.69. The van der Waals surface area contributed by atoms with Crippen LogP contribution in [0.4, 0.5) is 0 Å². The Morgan fingerprint density at radius 1 is 1.00 bits per heavy atom. The lowest BCUT2D eigenvalue weighted by Gasteiger charge is -2.65. The van der Waals surface area contributed by atoms with Crippen LogP contribution < -0.4 is 14.8 Å². The molecule has 1 N–H and O–H groups in total. The molecule has 4 aliphatic carbocycles. The molecule has 0 radical (unpaired) electrons. The predicted octanol–water partition coefficient (Wildman–Crippen LogP) is 7.92. The van der Waals surface area contributed by atoms with Crippen LogP contribution in [-0.4, -0.2) is 12.1 Å². The zero-order valence-corrected chi connectivity index (χ0v) is 22.3. The molecule has 4 bridgehead atoms. The first-order valence-electron chi connectivity index (χ1n) is 12.3. The highest BCUT2D eigenvalue weighted by Gasteiger charge is 2.59. The van der Waals surface area contributed by atoms with Gasteiger partial charge in [0.1, 0.15) is 6.61 Å². The van der Waals surface area contributed by atoms with Crippen LogP contribution in [0.15, 0.2) is 40.9 Å². The molecule has 0 aliphatic heterocycles. The molecule has 6 rings (SSSR count). The molecule has 33 heavy (non-hydrogen) atoms. The highest BCUT2D eigenvalue weighted by Crippen LogP contribution is 2.66. The van der Waals surface area contributed by atoms with Gasteiger partial charge in [0, 0.05) is 17.1 Å². The van der Waals surface area contributed by atoms with Crippen molar-refractivity contribution in [2.45, 2.75) is 78.0 Å². The zero-order chi connectivity index (χ0) is 23.3. The van der Waals surface area contributed by atoms with Gasteiger partial charge in [-0.3, -0.25) is 0 Å². The first-order valence-corrected chi connectivity index (χ1v) is 13.4. The van der Waals surface area contributed by atoms with Crippen molar-refractivity contribution in [1.29, 1.82) is 0 Å². The quantitative estimate of drug-likeness (QED) is 0.374. The van der Waals surface area contributed by atoms with E-state index in [2.05, 4.69) is 47.2 Å². The van der Waals surface area contributed by atoms with Crippen molar-refractivity contribution in [2.24, 2.45) is 16.7 Å². The van der Waals surface area contributed by atoms with E-state index in [4.69, 9.17) is 21.1 Å². The maximum Gasteiger partial charge on any atom is 0.175 e. The Balaban J connectivity index is 1.32. The molecule has 5 heteroatoms. The second-order valence-corrected chi connectivity index (χ2v) is 12.8. The van der Waals surface area contributed by atoms with Crippen LogP contribution in [0.3, 0.4) is 0 Å². The summed E-state index contributed by atoms with van der Waals surface area (Å²) in [5.74, 6) is 2.42. The van der Waals surface area contributed by atoms with Gasteiger partial charge >= 0.3 is 0 Å². The Bertz CT molecular complexity index is 1020. The number of nitrogens with one attached hydrogen (secondary N) is 1. The van der Waals surface area contributed by atoms with E-state index < -0.39 is 0 Å². The number of hydrogen-bond donors (Lipinski definition) is 1. The van der Waals surface area contributed by atoms with E-state index in [0.29, 0.717) is 29.1 Å². The highest BCUT2D eigenvalue weighted by molar-refractivity contribution is 9.10. The fourth-order valence-electron chi connectivity index (χ4n) is 7.84. The molecule has 4 aliphatic rings. The number of ether oxygens (including phenoxy) is 2. The van der Waals surface area contributed by atoms with E-state index in [9.17, 15) is 0 Å². The van der Waals surface area contributed by atoms with Gasteiger partial charge in [-0.05, 0) is 114 Å². The molecule has 4 fully saturated rings. The van der Waals surface area contributed by atoms with Crippen LogP contribution in [0, 0.1) is 16.7 Å². The van der Waals surface area contributed by atoms with E-state index in [0.717, 1.165) is 34.0 Å². The van der Waals surface area contributed by atoms with Gasteiger partial charge in [0.25, 0.3) is 0 Å². The van der Waals surface area contributed by atoms with Crippen molar-refractivity contribution in [3.63, 3.8) is 0 Å². The van der Waals surface area contributed by atoms with Gasteiger partial charge in [-0.15, -0.1) is 0 Å². The second-order valence-electron chi connectivity index (χ2n) is 11.5. The SMILES string of the molecule is CCOc1cc(CNC23CC4C[C@@](C)(C2)C[C@](C)(C4)C3)cc(Br)c1OCc1cccc(Cl)c1. The van der Waals surface area contributed by atoms with Crippen LogP contribution in [0.5, 0.6) is 11.5 Å². The fourth-order valence-corrected chi connectivity index (χ4v) is 8.66. The summed E-state index contributed by atoms with van der Waals surface area (Å²) in [6, 6.07) is 12.1. The summed E-state index contributed by atoms with van der Waals surface area (Å²) in [7, 11) is 0. The molecule has 4 atom stereocenters. The molecular weight excluding hydrogens is 498 g/mol. The molecular formula is C28H35BrClNO2. The maximum atomic E-state index is 6.17. The number of benzene rings is 2. The summed E-state index contributed by atoms with van der Waals surface area (Å²) in [4.78, 5) is 0. The number of hydrogen-bond acceptors (Lipinski definition) is 3. The van der Waals surface area contributed by atoms with Gasteiger partial charge in [0.2, 0.25) is 0 Å². The van der Waals surface area contributed by atoms with Crippen LogP contribution in [0.1, 0.15) is 70.4 Å². The van der Waals surface area contributed by atoms with E-state index >= 15 is 0 Å². The number of rotatable bonds is 8. The molecule has 0 heterocycles. The van der Waals surface area contributed by atoms with Crippen molar-refractivity contribution in [3.8, 4) is 11.5 Å². The topological polar surface area (TPSA) is 30.5 Å². The molecule has 2 aromatic rings.